The van der Waals surface area contributed by atoms with Crippen LogP contribution in [0.1, 0.15) is 95.5 Å². The van der Waals surface area contributed by atoms with Crippen molar-refractivity contribution in [2.45, 2.75) is 116 Å². The van der Waals surface area contributed by atoms with E-state index in [2.05, 4.69) is 15.6 Å². The van der Waals surface area contributed by atoms with Crippen LogP contribution in [0.15, 0.2) is 48.0 Å². The summed E-state index contributed by atoms with van der Waals surface area (Å²) in [7, 11) is 0. The average Bonchev–Trinajstić information content (AvgIpc) is 3.72. The maximum absolute atomic E-state index is 14.3. The molecule has 1 aliphatic heterocycles. The van der Waals surface area contributed by atoms with Crippen LogP contribution in [0.5, 0.6) is 5.75 Å². The molecule has 0 unspecified atom stereocenters. The third kappa shape index (κ3) is 12.3. The van der Waals surface area contributed by atoms with Gasteiger partial charge in [-0.2, -0.15) is 0 Å². The number of β-amino-alcohol motifs (C(OH)–C–C–N with tert-alkyl or cyclic N) is 1. The summed E-state index contributed by atoms with van der Waals surface area (Å²) in [6, 6.07) is 9.83. The summed E-state index contributed by atoms with van der Waals surface area (Å²) in [5, 5.41) is 16.5. The lowest BCUT2D eigenvalue weighted by Crippen LogP contribution is -2.57. The Morgan fingerprint density at radius 1 is 1.07 bits per heavy atom. The number of nitrogens with zero attached hydrogens (tertiary/aromatic N) is 2. The van der Waals surface area contributed by atoms with Gasteiger partial charge in [0.05, 0.1) is 28.2 Å². The van der Waals surface area contributed by atoms with Gasteiger partial charge in [0, 0.05) is 37.9 Å². The largest absolute Gasteiger partial charge is 0.492 e. The Bertz CT molecular complexity index is 1740. The molecule has 2 aromatic carbocycles. The maximum atomic E-state index is 14.3. The van der Waals surface area contributed by atoms with Crippen LogP contribution in [-0.4, -0.2) is 76.0 Å². The SMILES string of the molecule is Cc1ncsc1-c1ccc([C@H](C)NC(=O)[C@@H]2C[C@@H](O)CN2C(=O)[C@@H](NC(=O)CCCCCc2cc(F)cc(OC[C@@H](N)CCC(N)=O)c2)C(C)(C)C)cc1. The molecule has 0 radical (unpaired) electrons. The van der Waals surface area contributed by atoms with Crippen molar-refractivity contribution < 1.29 is 33.4 Å². The smallest absolute Gasteiger partial charge is 0.246 e. The minimum Gasteiger partial charge on any atom is -0.492 e. The second-order valence-electron chi connectivity index (χ2n) is 15.3. The Hall–Kier alpha value is -4.40. The molecule has 0 spiro atoms. The molecule has 12 nitrogen and oxygen atoms in total. The van der Waals surface area contributed by atoms with Crippen molar-refractivity contribution in [3.8, 4) is 16.2 Å². The van der Waals surface area contributed by atoms with Crippen LogP contribution in [0.2, 0.25) is 0 Å². The molecule has 0 aliphatic carbocycles. The van der Waals surface area contributed by atoms with E-state index in [9.17, 15) is 28.7 Å². The van der Waals surface area contributed by atoms with Crippen LogP contribution < -0.4 is 26.8 Å². The van der Waals surface area contributed by atoms with E-state index in [4.69, 9.17) is 16.2 Å². The standard InChI is InChI=1S/C40H55FN6O6S/c1-24(27-11-13-28(14-12-27)36-25(2)44-23-54-36)45-38(51)33-20-31(48)21-47(33)39(52)37(40(3,4)5)46-35(50)10-8-6-7-9-26-17-29(41)19-32(18-26)53-22-30(42)15-16-34(43)49/h11-14,17-19,23-24,30-31,33,37,48H,6-10,15-16,20-22,42H2,1-5H3,(H2,43,49)(H,45,51)(H,46,50)/t24-,30-,31+,33-,37+/m0/s1. The molecule has 7 N–H and O–H groups in total. The second-order valence-corrected chi connectivity index (χ2v) is 16.2. The number of aryl methyl sites for hydroxylation is 2. The number of hydrogen-bond donors (Lipinski definition) is 5. The van der Waals surface area contributed by atoms with Gasteiger partial charge in [0.2, 0.25) is 23.6 Å². The highest BCUT2D eigenvalue weighted by Gasteiger charge is 2.44. The lowest BCUT2D eigenvalue weighted by molar-refractivity contribution is -0.144. The first-order valence-electron chi connectivity index (χ1n) is 18.6. The van der Waals surface area contributed by atoms with Gasteiger partial charge in [-0.1, -0.05) is 51.5 Å². The van der Waals surface area contributed by atoms with Gasteiger partial charge in [-0.05, 0) is 73.8 Å². The van der Waals surface area contributed by atoms with E-state index < -0.39 is 47.3 Å². The molecule has 294 valence electrons. The Labute approximate surface area is 321 Å². The second kappa shape index (κ2) is 19.3. The van der Waals surface area contributed by atoms with E-state index in [1.807, 2.05) is 64.4 Å². The molecule has 4 rings (SSSR count). The molecule has 2 heterocycles. The Morgan fingerprint density at radius 2 is 1.80 bits per heavy atom. The number of aliphatic hydroxyl groups excluding tert-OH is 1. The number of unbranched alkanes of at least 4 members (excludes halogenated alkanes) is 2. The van der Waals surface area contributed by atoms with E-state index in [1.165, 1.54) is 17.0 Å². The minimum atomic E-state index is -0.916. The van der Waals surface area contributed by atoms with Crippen LogP contribution in [0, 0.1) is 18.2 Å². The number of nitrogens with one attached hydrogen (secondary N) is 2. The van der Waals surface area contributed by atoms with Gasteiger partial charge in [0.15, 0.2) is 0 Å². The first-order valence-corrected chi connectivity index (χ1v) is 19.4. The van der Waals surface area contributed by atoms with Gasteiger partial charge in [0.1, 0.15) is 30.3 Å². The molecular weight excluding hydrogens is 712 g/mol. The molecule has 54 heavy (non-hydrogen) atoms. The van der Waals surface area contributed by atoms with Crippen LogP contribution >= 0.6 is 11.3 Å². The summed E-state index contributed by atoms with van der Waals surface area (Å²) in [6.45, 7) is 9.50. The highest BCUT2D eigenvalue weighted by Crippen LogP contribution is 2.30. The van der Waals surface area contributed by atoms with Gasteiger partial charge in [0.25, 0.3) is 0 Å². The predicted octanol–water partition coefficient (Wildman–Crippen LogP) is 4.70. The summed E-state index contributed by atoms with van der Waals surface area (Å²) >= 11 is 1.57. The topological polar surface area (TPSA) is 190 Å². The number of carbonyl (C=O) groups excluding carboxylic acids is 4. The minimum absolute atomic E-state index is 0.00835. The highest BCUT2D eigenvalue weighted by molar-refractivity contribution is 7.13. The zero-order chi connectivity index (χ0) is 39.6. The first-order chi connectivity index (χ1) is 25.5. The summed E-state index contributed by atoms with van der Waals surface area (Å²) < 4.78 is 19.9. The average molecular weight is 767 g/mol. The van der Waals surface area contributed by atoms with Crippen molar-refractivity contribution in [1.82, 2.24) is 20.5 Å². The van der Waals surface area contributed by atoms with Gasteiger partial charge < -0.3 is 36.8 Å². The van der Waals surface area contributed by atoms with E-state index in [0.717, 1.165) is 27.3 Å². The number of thiazole rings is 1. The number of aromatic nitrogens is 1. The molecule has 1 fully saturated rings. The Morgan fingerprint density at radius 3 is 2.44 bits per heavy atom. The van der Waals surface area contributed by atoms with Gasteiger partial charge in [-0.25, -0.2) is 9.37 Å². The number of nitrogens with two attached hydrogens (primary N) is 2. The summed E-state index contributed by atoms with van der Waals surface area (Å²) in [5.41, 5.74) is 15.9. The number of halogens is 1. The molecule has 0 saturated carbocycles. The van der Waals surface area contributed by atoms with Crippen LogP contribution in [0.3, 0.4) is 0 Å². The number of amides is 4. The molecule has 1 aliphatic rings. The normalized spacial score (nSPS) is 17.4. The fourth-order valence-corrected chi connectivity index (χ4v) is 7.31. The van der Waals surface area contributed by atoms with Gasteiger partial charge in [-0.3, -0.25) is 19.2 Å². The number of rotatable bonds is 18. The molecular formula is C40H55FN6O6S. The van der Waals surface area contributed by atoms with Crippen molar-refractivity contribution in [3.63, 3.8) is 0 Å². The number of primary amides is 1. The van der Waals surface area contributed by atoms with Crippen molar-refractivity contribution in [2.75, 3.05) is 13.2 Å². The third-order valence-electron chi connectivity index (χ3n) is 9.59. The third-order valence-corrected chi connectivity index (χ3v) is 10.6. The quantitative estimate of drug-likeness (QED) is 0.115. The Kier molecular flexibility index (Phi) is 15.1. The lowest BCUT2D eigenvalue weighted by atomic mass is 9.85. The van der Waals surface area contributed by atoms with Crippen LogP contribution in [0.4, 0.5) is 4.39 Å². The number of benzene rings is 2. The molecule has 0 bridgehead atoms. The fourth-order valence-electron chi connectivity index (χ4n) is 6.50. The molecule has 1 saturated heterocycles. The molecule has 4 amide bonds. The predicted molar refractivity (Wildman–Crippen MR) is 207 cm³/mol. The summed E-state index contributed by atoms with van der Waals surface area (Å²) in [4.78, 5) is 58.5. The lowest BCUT2D eigenvalue weighted by Gasteiger charge is -2.35. The molecule has 1 aromatic heterocycles. The first kappa shape index (κ1) is 42.3. The van der Waals surface area contributed by atoms with E-state index >= 15 is 0 Å². The highest BCUT2D eigenvalue weighted by atomic mass is 32.1. The Balaban J connectivity index is 1.27. The number of likely N-dealkylation sites (tertiary alicyclic amines) is 1. The van der Waals surface area contributed by atoms with Gasteiger partial charge >= 0.3 is 0 Å². The number of aliphatic hydroxyl groups is 1. The maximum Gasteiger partial charge on any atom is 0.246 e. The fraction of sp³-hybridized carbons (Fsp3) is 0.525. The molecule has 14 heteroatoms. The summed E-state index contributed by atoms with van der Waals surface area (Å²) in [6.07, 6.45) is 2.46. The van der Waals surface area contributed by atoms with Crippen LogP contribution in [0.25, 0.3) is 10.4 Å². The zero-order valence-electron chi connectivity index (χ0n) is 31.9. The van der Waals surface area contributed by atoms with Crippen molar-refractivity contribution in [1.29, 1.82) is 0 Å². The number of ether oxygens (including phenoxy) is 1. The monoisotopic (exact) mass is 766 g/mol. The van der Waals surface area contributed by atoms with Crippen molar-refractivity contribution >= 4 is 35.0 Å². The van der Waals surface area contributed by atoms with Crippen molar-refractivity contribution in [3.05, 3.63) is 70.6 Å². The van der Waals surface area contributed by atoms with E-state index in [0.29, 0.717) is 37.9 Å². The molecule has 5 atom stereocenters. The van der Waals surface area contributed by atoms with Crippen molar-refractivity contribution in [2.24, 2.45) is 16.9 Å². The number of hydrogen-bond acceptors (Lipinski definition) is 9. The van der Waals surface area contributed by atoms with E-state index in [-0.39, 0.29) is 50.3 Å². The van der Waals surface area contributed by atoms with E-state index in [1.54, 1.807) is 17.4 Å². The number of carbonyl (C=O) groups is 4. The van der Waals surface area contributed by atoms with Crippen LogP contribution in [-0.2, 0) is 25.6 Å². The summed E-state index contributed by atoms with van der Waals surface area (Å²) in [5.74, 6) is -1.59. The zero-order valence-corrected chi connectivity index (χ0v) is 32.7. The molecule has 3 aromatic rings. The van der Waals surface area contributed by atoms with Gasteiger partial charge in [-0.15, -0.1) is 11.3 Å².